The molecule has 0 bridgehead atoms. The minimum atomic E-state index is 1.16. The lowest BCUT2D eigenvalue weighted by Crippen LogP contribution is -1.73. The van der Waals surface area contributed by atoms with Crippen molar-refractivity contribution in [3.05, 3.63) is 67.2 Å². The van der Waals surface area contributed by atoms with E-state index in [0.717, 1.165) is 12.8 Å². The van der Waals surface area contributed by atoms with Gasteiger partial charge in [-0.15, -0.1) is 0 Å². The summed E-state index contributed by atoms with van der Waals surface area (Å²) in [7, 11) is 0. The molecule has 0 aromatic carbocycles. The summed E-state index contributed by atoms with van der Waals surface area (Å²) in [6.45, 7) is 0. The van der Waals surface area contributed by atoms with Crippen LogP contribution in [0.15, 0.2) is 60.8 Å². The number of hydrogen-bond acceptors (Lipinski definition) is 0. The van der Waals surface area contributed by atoms with Crippen LogP contribution in [-0.4, -0.2) is 0 Å². The Bertz CT molecular complexity index is 234. The predicted molar refractivity (Wildman–Crippen MR) is 63.9 cm³/mol. The highest BCUT2D eigenvalue weighted by Crippen LogP contribution is 2.01. The Morgan fingerprint density at radius 1 is 0.500 bits per heavy atom. The Balaban J connectivity index is 2.46. The molecule has 14 heavy (non-hydrogen) atoms. The zero-order valence-electron chi connectivity index (χ0n) is 8.47. The van der Waals surface area contributed by atoms with E-state index in [2.05, 4.69) is 36.8 Å². The van der Waals surface area contributed by atoms with Gasteiger partial charge in [-0.2, -0.15) is 0 Å². The third-order valence-electron chi connectivity index (χ3n) is 1.90. The molecule has 1 aliphatic carbocycles. The first kappa shape index (κ1) is 10.8. The summed E-state index contributed by atoms with van der Waals surface area (Å²) >= 11 is 0. The molecule has 73 valence electrons. The van der Waals surface area contributed by atoms with Crippen molar-refractivity contribution in [2.45, 2.75) is 19.3 Å². The van der Waals surface area contributed by atoms with Gasteiger partial charge in [0.15, 0.2) is 0 Å². The monoisotopic (exact) mass is 185 g/mol. The van der Waals surface area contributed by atoms with Crippen molar-refractivity contribution in [3.63, 3.8) is 0 Å². The van der Waals surface area contributed by atoms with Crippen LogP contribution in [0.4, 0.5) is 0 Å². The first-order valence-corrected chi connectivity index (χ1v) is 5.15. The lowest BCUT2D eigenvalue weighted by molar-refractivity contribution is 0.843. The average molecular weight is 185 g/mol. The molecular formula is C14H17. The highest BCUT2D eigenvalue weighted by molar-refractivity contribution is 5.18. The van der Waals surface area contributed by atoms with E-state index in [1.54, 1.807) is 0 Å². The van der Waals surface area contributed by atoms with Crippen LogP contribution in [0.5, 0.6) is 0 Å². The maximum atomic E-state index is 2.21. The van der Waals surface area contributed by atoms with Crippen LogP contribution in [0.3, 0.4) is 0 Å². The second-order valence-electron chi connectivity index (χ2n) is 3.13. The topological polar surface area (TPSA) is 0 Å². The SMILES string of the molecule is [CH]1C=CC=CC=CC=CC=CCCC1. The molecule has 0 saturated carbocycles. The van der Waals surface area contributed by atoms with Crippen LogP contribution in [0.2, 0.25) is 0 Å². The minimum absolute atomic E-state index is 1.16. The molecule has 0 saturated heterocycles. The summed E-state index contributed by atoms with van der Waals surface area (Å²) in [5.74, 6) is 0. The van der Waals surface area contributed by atoms with Crippen LogP contribution in [0.25, 0.3) is 0 Å². The van der Waals surface area contributed by atoms with E-state index < -0.39 is 0 Å². The molecule has 1 aliphatic rings. The second kappa shape index (κ2) is 8.31. The molecule has 0 heteroatoms. The molecule has 0 unspecified atom stereocenters. The highest BCUT2D eigenvalue weighted by atomic mass is 13.9. The van der Waals surface area contributed by atoms with Crippen molar-refractivity contribution in [1.82, 2.24) is 0 Å². The summed E-state index contributed by atoms with van der Waals surface area (Å²) in [6, 6.07) is 0. The van der Waals surface area contributed by atoms with E-state index in [4.69, 9.17) is 0 Å². The van der Waals surface area contributed by atoms with Crippen LogP contribution in [0, 0.1) is 6.42 Å². The molecule has 0 aliphatic heterocycles. The summed E-state index contributed by atoms with van der Waals surface area (Å²) < 4.78 is 0. The maximum Gasteiger partial charge on any atom is -0.0167 e. The Hall–Kier alpha value is -1.30. The zero-order valence-corrected chi connectivity index (χ0v) is 8.47. The van der Waals surface area contributed by atoms with Gasteiger partial charge < -0.3 is 0 Å². The molecule has 0 nitrogen and oxygen atoms in total. The lowest BCUT2D eigenvalue weighted by Gasteiger charge is -1.91. The molecule has 0 fully saturated rings. The Morgan fingerprint density at radius 2 is 1.07 bits per heavy atom. The Kier molecular flexibility index (Phi) is 6.39. The van der Waals surface area contributed by atoms with E-state index >= 15 is 0 Å². The molecule has 0 aromatic heterocycles. The fourth-order valence-corrected chi connectivity index (χ4v) is 1.15. The van der Waals surface area contributed by atoms with Crippen LogP contribution >= 0.6 is 0 Å². The van der Waals surface area contributed by atoms with E-state index in [0.29, 0.717) is 0 Å². The molecule has 0 heterocycles. The largest absolute Gasteiger partial charge is 0.0845 e. The first-order valence-electron chi connectivity index (χ1n) is 5.15. The Labute approximate surface area is 87.0 Å². The van der Waals surface area contributed by atoms with E-state index in [9.17, 15) is 0 Å². The number of rotatable bonds is 0. The van der Waals surface area contributed by atoms with E-state index in [1.807, 2.05) is 30.4 Å². The van der Waals surface area contributed by atoms with Gasteiger partial charge in [-0.25, -0.2) is 0 Å². The fraction of sp³-hybridized carbons (Fsp3) is 0.214. The van der Waals surface area contributed by atoms with Gasteiger partial charge in [0.05, 0.1) is 0 Å². The Morgan fingerprint density at radius 3 is 1.79 bits per heavy atom. The summed E-state index contributed by atoms with van der Waals surface area (Å²) in [6.07, 6.45) is 26.5. The van der Waals surface area contributed by atoms with Crippen LogP contribution in [0.1, 0.15) is 19.3 Å². The van der Waals surface area contributed by atoms with Crippen LogP contribution < -0.4 is 0 Å². The van der Waals surface area contributed by atoms with Crippen molar-refractivity contribution in [3.8, 4) is 0 Å². The van der Waals surface area contributed by atoms with E-state index in [-0.39, 0.29) is 0 Å². The standard InChI is InChI=1S/C14H17/c1-2-4-6-8-10-12-14-13-11-9-7-5-3-1/h1-11H,12-14H2. The lowest BCUT2D eigenvalue weighted by atomic mass is 10.1. The number of allylic oxidation sites excluding steroid dienone is 10. The first-order chi connectivity index (χ1) is 7.00. The minimum Gasteiger partial charge on any atom is -0.0845 e. The molecule has 0 atom stereocenters. The molecular weight excluding hydrogens is 168 g/mol. The average Bonchev–Trinajstić information content (AvgIpc) is 2.22. The van der Waals surface area contributed by atoms with Crippen molar-refractivity contribution in [1.29, 1.82) is 0 Å². The van der Waals surface area contributed by atoms with Gasteiger partial charge in [-0.1, -0.05) is 60.8 Å². The molecule has 1 radical (unpaired) electrons. The van der Waals surface area contributed by atoms with Crippen molar-refractivity contribution >= 4 is 0 Å². The molecule has 0 N–H and O–H groups in total. The van der Waals surface area contributed by atoms with Crippen LogP contribution in [-0.2, 0) is 0 Å². The van der Waals surface area contributed by atoms with Crippen molar-refractivity contribution < 1.29 is 0 Å². The normalized spacial score (nSPS) is 18.3. The van der Waals surface area contributed by atoms with Gasteiger partial charge in [0, 0.05) is 0 Å². The maximum absolute atomic E-state index is 2.21. The van der Waals surface area contributed by atoms with E-state index in [1.165, 1.54) is 6.42 Å². The van der Waals surface area contributed by atoms with Gasteiger partial charge in [-0.3, -0.25) is 0 Å². The summed E-state index contributed by atoms with van der Waals surface area (Å²) in [5.41, 5.74) is 0. The molecule has 0 aromatic rings. The highest BCUT2D eigenvalue weighted by Gasteiger charge is 1.82. The predicted octanol–water partition coefficient (Wildman–Crippen LogP) is 4.16. The zero-order chi connectivity index (χ0) is 9.90. The smallest absolute Gasteiger partial charge is 0.0167 e. The fourth-order valence-electron chi connectivity index (χ4n) is 1.15. The summed E-state index contributed by atoms with van der Waals surface area (Å²) in [4.78, 5) is 0. The number of hydrogen-bond donors (Lipinski definition) is 0. The molecule has 0 spiro atoms. The summed E-state index contributed by atoms with van der Waals surface area (Å²) in [5, 5.41) is 0. The van der Waals surface area contributed by atoms with Gasteiger partial charge in [0.25, 0.3) is 0 Å². The quantitative estimate of drug-likeness (QED) is 0.531. The molecule has 0 amide bonds. The third-order valence-corrected chi connectivity index (χ3v) is 1.90. The van der Waals surface area contributed by atoms with Gasteiger partial charge in [0.2, 0.25) is 0 Å². The molecule has 1 rings (SSSR count). The van der Waals surface area contributed by atoms with Gasteiger partial charge in [0.1, 0.15) is 0 Å². The van der Waals surface area contributed by atoms with Gasteiger partial charge in [-0.05, 0) is 25.7 Å². The third kappa shape index (κ3) is 6.24. The second-order valence-corrected chi connectivity index (χ2v) is 3.13. The van der Waals surface area contributed by atoms with Gasteiger partial charge >= 0.3 is 0 Å². The van der Waals surface area contributed by atoms with Crippen molar-refractivity contribution in [2.75, 3.05) is 0 Å². The van der Waals surface area contributed by atoms with Crippen molar-refractivity contribution in [2.24, 2.45) is 0 Å².